The van der Waals surface area contributed by atoms with Crippen molar-refractivity contribution in [3.05, 3.63) is 58.2 Å². The summed E-state index contributed by atoms with van der Waals surface area (Å²) >= 11 is 0. The van der Waals surface area contributed by atoms with E-state index in [2.05, 4.69) is 24.1 Å². The number of nitrogens with one attached hydrogen (secondary N) is 1. The molecule has 4 aliphatic rings. The molecule has 2 atom stereocenters. The number of pyridine rings is 2. The summed E-state index contributed by atoms with van der Waals surface area (Å²) < 4.78 is 30.5. The third-order valence-corrected chi connectivity index (χ3v) is 7.55. The molecular formula is C26H29FN4O4. The number of hydrogen-bond acceptors (Lipinski definition) is 5. The SMILES string of the molecule is CC(C)Oc1c(C(=O)Nc2cccn([C@H]3C[C@@H]3C)c2=O)cn2cc(C34COC(C)(C3)C4)nc2c1F. The van der Waals surface area contributed by atoms with Gasteiger partial charge in [-0.05, 0) is 58.1 Å². The Morgan fingerprint density at radius 1 is 1.34 bits per heavy atom. The van der Waals surface area contributed by atoms with Gasteiger partial charge in [-0.1, -0.05) is 6.92 Å². The highest BCUT2D eigenvalue weighted by atomic mass is 19.1. The van der Waals surface area contributed by atoms with Gasteiger partial charge in [0.1, 0.15) is 11.3 Å². The van der Waals surface area contributed by atoms with Crippen LogP contribution in [0, 0.1) is 11.7 Å². The molecule has 0 aromatic carbocycles. The Morgan fingerprint density at radius 2 is 2.09 bits per heavy atom. The molecule has 3 aromatic rings. The van der Waals surface area contributed by atoms with Crippen molar-refractivity contribution >= 4 is 17.2 Å². The van der Waals surface area contributed by atoms with E-state index in [1.54, 1.807) is 42.9 Å². The minimum Gasteiger partial charge on any atom is -0.487 e. The molecule has 3 aromatic heterocycles. The first kappa shape index (κ1) is 22.3. The zero-order valence-electron chi connectivity index (χ0n) is 20.3. The van der Waals surface area contributed by atoms with Gasteiger partial charge in [0.05, 0.1) is 24.0 Å². The minimum absolute atomic E-state index is 0.000799. The number of hydrogen-bond donors (Lipinski definition) is 1. The number of fused-ring (bicyclic) bond motifs is 2. The zero-order chi connectivity index (χ0) is 24.7. The Labute approximate surface area is 202 Å². The molecule has 2 bridgehead atoms. The topological polar surface area (TPSA) is 86.9 Å². The largest absolute Gasteiger partial charge is 0.487 e. The molecule has 8 nitrogen and oxygen atoms in total. The number of ether oxygens (including phenoxy) is 2. The number of nitrogens with zero attached hydrogens (tertiary/aromatic N) is 3. The number of rotatable bonds is 6. The van der Waals surface area contributed by atoms with Gasteiger partial charge in [-0.15, -0.1) is 0 Å². The molecule has 35 heavy (non-hydrogen) atoms. The Morgan fingerprint density at radius 3 is 2.71 bits per heavy atom. The van der Waals surface area contributed by atoms with Gasteiger partial charge in [-0.25, -0.2) is 4.98 Å². The smallest absolute Gasteiger partial charge is 0.274 e. The lowest BCUT2D eigenvalue weighted by Gasteiger charge is -2.41. The fourth-order valence-corrected chi connectivity index (χ4v) is 5.74. The molecule has 2 aliphatic heterocycles. The van der Waals surface area contributed by atoms with Gasteiger partial charge < -0.3 is 23.8 Å². The Kier molecular flexibility index (Phi) is 4.71. The van der Waals surface area contributed by atoms with E-state index in [-0.39, 0.29) is 51.4 Å². The fourth-order valence-electron chi connectivity index (χ4n) is 5.74. The Balaban J connectivity index is 1.39. The molecule has 184 valence electrons. The normalized spacial score (nSPS) is 28.9. The van der Waals surface area contributed by atoms with Crippen LogP contribution in [-0.4, -0.2) is 38.2 Å². The number of anilines is 1. The molecule has 1 amide bonds. The maximum atomic E-state index is 15.7. The summed E-state index contributed by atoms with van der Waals surface area (Å²) in [6.07, 6.45) is 7.27. The molecular weight excluding hydrogens is 451 g/mol. The molecule has 0 radical (unpaired) electrons. The predicted molar refractivity (Wildman–Crippen MR) is 128 cm³/mol. The summed E-state index contributed by atoms with van der Waals surface area (Å²) in [7, 11) is 0. The van der Waals surface area contributed by atoms with E-state index >= 15 is 4.39 Å². The van der Waals surface area contributed by atoms with Crippen LogP contribution in [0.5, 0.6) is 5.75 Å². The molecule has 2 saturated carbocycles. The van der Waals surface area contributed by atoms with E-state index < -0.39 is 11.7 Å². The second-order valence-electron chi connectivity index (χ2n) is 11.0. The highest BCUT2D eigenvalue weighted by Gasteiger charge is 2.61. The van der Waals surface area contributed by atoms with Gasteiger partial charge in [0.25, 0.3) is 11.5 Å². The van der Waals surface area contributed by atoms with Gasteiger partial charge in [-0.2, -0.15) is 4.39 Å². The van der Waals surface area contributed by atoms with Crippen LogP contribution in [0.3, 0.4) is 0 Å². The maximum Gasteiger partial charge on any atom is 0.274 e. The van der Waals surface area contributed by atoms with Crippen molar-refractivity contribution < 1.29 is 18.7 Å². The molecule has 2 aliphatic carbocycles. The monoisotopic (exact) mass is 480 g/mol. The lowest BCUT2D eigenvalue weighted by Crippen LogP contribution is -2.45. The van der Waals surface area contributed by atoms with Crippen LogP contribution in [0.2, 0.25) is 0 Å². The molecule has 4 fully saturated rings. The first-order valence-electron chi connectivity index (χ1n) is 12.1. The van der Waals surface area contributed by atoms with Crippen LogP contribution < -0.4 is 15.6 Å². The summed E-state index contributed by atoms with van der Waals surface area (Å²) in [6, 6.07) is 3.43. The first-order chi connectivity index (χ1) is 16.6. The lowest BCUT2D eigenvalue weighted by atomic mass is 9.62. The van der Waals surface area contributed by atoms with Crippen molar-refractivity contribution in [1.82, 2.24) is 14.0 Å². The van der Waals surface area contributed by atoms with Crippen molar-refractivity contribution in [2.45, 2.75) is 70.1 Å². The zero-order valence-corrected chi connectivity index (χ0v) is 20.3. The summed E-state index contributed by atoms with van der Waals surface area (Å²) in [6.45, 7) is 8.24. The molecule has 7 rings (SSSR count). The standard InChI is InChI=1S/C26H29FN4O4/c1-14(2)35-21-16(23(32)28-17-6-5-7-31(24(17)33)18-8-15(18)3)9-30-10-19(29-22(30)20(21)27)26-11-25(4,12-26)34-13-26/h5-7,9-10,14-15,18H,8,11-13H2,1-4H3,(H,28,32)/t15-,18-,25?,26?/m0/s1. The predicted octanol–water partition coefficient (Wildman–Crippen LogP) is 4.08. The van der Waals surface area contributed by atoms with E-state index in [1.165, 1.54) is 10.6 Å². The summed E-state index contributed by atoms with van der Waals surface area (Å²) in [4.78, 5) is 30.9. The maximum absolute atomic E-state index is 15.7. The average molecular weight is 481 g/mol. The quantitative estimate of drug-likeness (QED) is 0.575. The van der Waals surface area contributed by atoms with Gasteiger partial charge >= 0.3 is 0 Å². The van der Waals surface area contributed by atoms with Gasteiger partial charge in [-0.3, -0.25) is 9.59 Å². The van der Waals surface area contributed by atoms with E-state index in [4.69, 9.17) is 9.47 Å². The Bertz CT molecular complexity index is 1420. The van der Waals surface area contributed by atoms with Crippen LogP contribution in [-0.2, 0) is 10.2 Å². The molecule has 1 N–H and O–H groups in total. The summed E-state index contributed by atoms with van der Waals surface area (Å²) in [5, 5.41) is 2.68. The van der Waals surface area contributed by atoms with Crippen LogP contribution in [0.4, 0.5) is 10.1 Å². The third-order valence-electron chi connectivity index (χ3n) is 7.55. The number of aromatic nitrogens is 3. The molecule has 5 heterocycles. The van der Waals surface area contributed by atoms with Crippen molar-refractivity contribution in [3.8, 4) is 5.75 Å². The van der Waals surface area contributed by atoms with E-state index in [1.807, 2.05) is 0 Å². The van der Waals surface area contributed by atoms with Crippen LogP contribution in [0.1, 0.15) is 69.1 Å². The van der Waals surface area contributed by atoms with Crippen molar-refractivity contribution in [2.24, 2.45) is 5.92 Å². The molecule has 9 heteroatoms. The highest BCUT2D eigenvalue weighted by Crippen LogP contribution is 2.58. The second kappa shape index (κ2) is 7.40. The van der Waals surface area contributed by atoms with Gasteiger partial charge in [0, 0.05) is 30.0 Å². The number of amides is 1. The fraction of sp³-hybridized carbons (Fsp3) is 0.500. The summed E-state index contributed by atoms with van der Waals surface area (Å²) in [5.74, 6) is -1.07. The van der Waals surface area contributed by atoms with Crippen LogP contribution in [0.25, 0.3) is 5.65 Å². The lowest BCUT2D eigenvalue weighted by molar-refractivity contribution is 0.0154. The molecule has 0 unspecified atom stereocenters. The van der Waals surface area contributed by atoms with E-state index in [0.29, 0.717) is 12.5 Å². The number of carbonyl (C=O) groups is 1. The van der Waals surface area contributed by atoms with E-state index in [9.17, 15) is 9.59 Å². The molecule has 2 saturated heterocycles. The van der Waals surface area contributed by atoms with Crippen molar-refractivity contribution in [2.75, 3.05) is 11.9 Å². The number of imidazole rings is 1. The van der Waals surface area contributed by atoms with E-state index in [0.717, 1.165) is 25.0 Å². The molecule has 0 spiro atoms. The highest BCUT2D eigenvalue weighted by molar-refractivity contribution is 6.06. The minimum atomic E-state index is -0.702. The van der Waals surface area contributed by atoms with Crippen LogP contribution >= 0.6 is 0 Å². The number of carbonyl (C=O) groups excluding carboxylic acids is 1. The van der Waals surface area contributed by atoms with Gasteiger partial charge in [0.15, 0.2) is 11.4 Å². The second-order valence-corrected chi connectivity index (χ2v) is 11.0. The summed E-state index contributed by atoms with van der Waals surface area (Å²) in [5.41, 5.74) is 0.378. The Hall–Kier alpha value is -3.20. The average Bonchev–Trinajstić information content (AvgIpc) is 3.11. The van der Waals surface area contributed by atoms with Crippen molar-refractivity contribution in [1.29, 1.82) is 0 Å². The van der Waals surface area contributed by atoms with Gasteiger partial charge in [0.2, 0.25) is 5.82 Å². The third kappa shape index (κ3) is 3.47. The first-order valence-corrected chi connectivity index (χ1v) is 12.1. The van der Waals surface area contributed by atoms with Crippen molar-refractivity contribution in [3.63, 3.8) is 0 Å². The van der Waals surface area contributed by atoms with Crippen LogP contribution in [0.15, 0.2) is 35.5 Å². The number of halogens is 1.